The first-order valence-electron chi connectivity index (χ1n) is 18.4. The molecule has 5 heterocycles. The molecule has 1 fully saturated rings. The fraction of sp³-hybridized carbons (Fsp3) is 0.553. The van der Waals surface area contributed by atoms with Gasteiger partial charge in [0.05, 0.1) is 40.8 Å². The number of pyridine rings is 1. The normalized spacial score (nSPS) is 16.8. The van der Waals surface area contributed by atoms with E-state index in [1.807, 2.05) is 52.5 Å². The Balaban J connectivity index is 1.53. The smallest absolute Gasteiger partial charge is 0.354 e. The predicted molar refractivity (Wildman–Crippen MR) is 206 cm³/mol. The summed E-state index contributed by atoms with van der Waals surface area (Å²) in [6, 6.07) is 4.54. The zero-order valence-corrected chi connectivity index (χ0v) is 33.8. The molecule has 1 aromatic carbocycles. The van der Waals surface area contributed by atoms with Gasteiger partial charge in [-0.25, -0.2) is 18.5 Å². The largest absolute Gasteiger partial charge is 0.477 e. The van der Waals surface area contributed by atoms with Gasteiger partial charge in [-0.1, -0.05) is 20.8 Å². The molecule has 1 unspecified atom stereocenters. The van der Waals surface area contributed by atoms with E-state index < -0.39 is 26.1 Å². The molecule has 5 aromatic rings. The van der Waals surface area contributed by atoms with Crippen molar-refractivity contribution in [2.24, 2.45) is 7.05 Å². The van der Waals surface area contributed by atoms with E-state index in [2.05, 4.69) is 49.4 Å². The second-order valence-electron chi connectivity index (χ2n) is 15.9. The number of hydrogen-bond acceptors (Lipinski definition) is 9. The average Bonchev–Trinajstić information content (AvgIpc) is 3.75. The maximum absolute atomic E-state index is 16.3. The van der Waals surface area contributed by atoms with Gasteiger partial charge >= 0.3 is 5.97 Å². The van der Waals surface area contributed by atoms with Crippen molar-refractivity contribution in [1.29, 1.82) is 0 Å². The number of ether oxygens (including phenoxy) is 2. The van der Waals surface area contributed by atoms with E-state index in [0.29, 0.717) is 41.7 Å². The van der Waals surface area contributed by atoms with E-state index in [1.165, 1.54) is 10.7 Å². The van der Waals surface area contributed by atoms with Crippen molar-refractivity contribution in [3.8, 4) is 28.4 Å². The third-order valence-corrected chi connectivity index (χ3v) is 15.2. The summed E-state index contributed by atoms with van der Waals surface area (Å²) in [7, 11) is 1.57. The van der Waals surface area contributed by atoms with Crippen LogP contribution in [0.15, 0.2) is 18.2 Å². The molecule has 3 atom stereocenters. The minimum Gasteiger partial charge on any atom is -0.477 e. The zero-order chi connectivity index (χ0) is 38.6. The van der Waals surface area contributed by atoms with Crippen molar-refractivity contribution in [3.63, 3.8) is 0 Å². The third-order valence-electron chi connectivity index (χ3n) is 10.7. The van der Waals surface area contributed by atoms with Gasteiger partial charge in [-0.15, -0.1) is 0 Å². The minimum atomic E-state index is -2.14. The Kier molecular flexibility index (Phi) is 10.6. The van der Waals surface area contributed by atoms with Crippen molar-refractivity contribution in [2.45, 2.75) is 104 Å². The highest BCUT2D eigenvalue weighted by Crippen LogP contribution is 2.41. The summed E-state index contributed by atoms with van der Waals surface area (Å²) in [5, 5.41) is 28.8. The van der Waals surface area contributed by atoms with E-state index >= 15 is 4.39 Å². The van der Waals surface area contributed by atoms with Gasteiger partial charge in [-0.2, -0.15) is 15.3 Å². The van der Waals surface area contributed by atoms with Crippen molar-refractivity contribution < 1.29 is 28.2 Å². The summed E-state index contributed by atoms with van der Waals surface area (Å²) < 4.78 is 40.2. The summed E-state index contributed by atoms with van der Waals surface area (Å²) in [4.78, 5) is 17.9. The number of nitrogens with one attached hydrogen (secondary N) is 1. The Bertz CT molecular complexity index is 2160. The number of carboxylic acid groups (broad SMARTS) is 1. The van der Waals surface area contributed by atoms with Crippen LogP contribution in [-0.2, 0) is 16.2 Å². The maximum Gasteiger partial charge on any atom is 0.354 e. The first-order chi connectivity index (χ1) is 24.9. The lowest BCUT2D eigenvalue weighted by Crippen LogP contribution is -2.42. The Hall–Kier alpha value is -4.18. The SMILES string of the molecule is CNC[C@H](C)Oc1c(-c2cc3c(-c4cc(F)c5nn([C@@H](C)CO[Si](C)(C)C(C)(C)C)c(C(=O)O)c5c4)nn(C4CCCCO4)c3c(C)n2)c(C)nn1C. The molecule has 286 valence electrons. The lowest BCUT2D eigenvalue weighted by atomic mass is 10.0. The minimum absolute atomic E-state index is 0.0216. The van der Waals surface area contributed by atoms with Crippen molar-refractivity contribution in [2.75, 3.05) is 26.8 Å². The van der Waals surface area contributed by atoms with Crippen LogP contribution in [0.1, 0.15) is 88.0 Å². The van der Waals surface area contributed by atoms with Crippen LogP contribution in [0.25, 0.3) is 44.3 Å². The molecule has 6 rings (SSSR count). The van der Waals surface area contributed by atoms with Gasteiger partial charge in [0.15, 0.2) is 26.1 Å². The van der Waals surface area contributed by atoms with E-state index in [1.54, 1.807) is 10.7 Å². The van der Waals surface area contributed by atoms with Crippen LogP contribution in [0.2, 0.25) is 18.1 Å². The number of aryl methyl sites for hydroxylation is 3. The fourth-order valence-corrected chi connectivity index (χ4v) is 7.94. The number of hydrogen-bond donors (Lipinski definition) is 2. The van der Waals surface area contributed by atoms with Gasteiger partial charge in [0.25, 0.3) is 0 Å². The molecule has 0 spiro atoms. The first kappa shape index (κ1) is 38.5. The van der Waals surface area contributed by atoms with Gasteiger partial charge in [0, 0.05) is 36.5 Å². The number of aromatic nitrogens is 7. The molecular weight excluding hydrogens is 696 g/mol. The quantitative estimate of drug-likeness (QED) is 0.123. The Morgan fingerprint density at radius 2 is 1.85 bits per heavy atom. The Labute approximate surface area is 310 Å². The average molecular weight is 749 g/mol. The van der Waals surface area contributed by atoms with Gasteiger partial charge in [-0.05, 0) is 90.3 Å². The fourth-order valence-electron chi connectivity index (χ4n) is 6.85. The molecule has 4 aromatic heterocycles. The predicted octanol–water partition coefficient (Wildman–Crippen LogP) is 7.57. The lowest BCUT2D eigenvalue weighted by molar-refractivity contribution is -0.0366. The third kappa shape index (κ3) is 7.23. The number of fused-ring (bicyclic) bond motifs is 2. The molecule has 0 bridgehead atoms. The Morgan fingerprint density at radius 1 is 1.11 bits per heavy atom. The second kappa shape index (κ2) is 14.6. The molecule has 1 aliphatic heterocycles. The molecule has 0 radical (unpaired) electrons. The highest BCUT2D eigenvalue weighted by atomic mass is 28.4. The van der Waals surface area contributed by atoms with Gasteiger partial charge < -0.3 is 24.3 Å². The number of likely N-dealkylation sites (N-methyl/N-ethyl adjacent to an activating group) is 1. The molecule has 53 heavy (non-hydrogen) atoms. The summed E-state index contributed by atoms with van der Waals surface area (Å²) in [6.45, 7) is 19.9. The summed E-state index contributed by atoms with van der Waals surface area (Å²) in [6.07, 6.45) is 2.23. The monoisotopic (exact) mass is 748 g/mol. The van der Waals surface area contributed by atoms with E-state index in [4.69, 9.17) is 24.0 Å². The standard InChI is InChI=1S/C38H53FN8O5Si/c1-21(20-51-53(10,11)38(5,6)7)46-35(37(48)49)26-16-25(17-28(39)33(26)44-46)32-27-18-29(31-23(3)42-45(9)36(31)52-22(2)19-40-8)41-24(4)34(27)47(43-32)30-14-12-13-15-50-30/h16-18,21-22,30,40H,12-15,19-20H2,1-11H3,(H,48,49)/t21-,22-,30?/m0/s1. The zero-order valence-electron chi connectivity index (χ0n) is 32.8. The van der Waals surface area contributed by atoms with Gasteiger partial charge in [0.2, 0.25) is 5.88 Å². The topological polar surface area (TPSA) is 143 Å². The number of carboxylic acids is 1. The number of rotatable bonds is 12. The molecule has 0 amide bonds. The number of aromatic carboxylic acids is 1. The highest BCUT2D eigenvalue weighted by molar-refractivity contribution is 6.74. The second-order valence-corrected chi connectivity index (χ2v) is 20.7. The van der Waals surface area contributed by atoms with Crippen molar-refractivity contribution >= 4 is 36.1 Å². The van der Waals surface area contributed by atoms with E-state index in [0.717, 1.165) is 41.4 Å². The van der Waals surface area contributed by atoms with Crippen molar-refractivity contribution in [1.82, 2.24) is 39.6 Å². The van der Waals surface area contributed by atoms with Crippen molar-refractivity contribution in [3.05, 3.63) is 41.1 Å². The molecule has 15 heteroatoms. The summed E-state index contributed by atoms with van der Waals surface area (Å²) in [5.41, 5.74) is 4.36. The molecular formula is C38H53FN8O5Si. The van der Waals surface area contributed by atoms with Crippen LogP contribution in [-0.4, -0.2) is 86.6 Å². The van der Waals surface area contributed by atoms with Crippen LogP contribution < -0.4 is 10.1 Å². The molecule has 0 aliphatic carbocycles. The summed E-state index contributed by atoms with van der Waals surface area (Å²) >= 11 is 0. The number of benzene rings is 1. The Morgan fingerprint density at radius 3 is 2.49 bits per heavy atom. The first-order valence-corrected chi connectivity index (χ1v) is 21.3. The number of nitrogens with zero attached hydrogens (tertiary/aromatic N) is 7. The highest BCUT2D eigenvalue weighted by Gasteiger charge is 2.38. The van der Waals surface area contributed by atoms with Crippen LogP contribution in [0.5, 0.6) is 5.88 Å². The lowest BCUT2D eigenvalue weighted by Gasteiger charge is -2.37. The van der Waals surface area contributed by atoms with Crippen LogP contribution in [0.4, 0.5) is 4.39 Å². The number of carbonyl (C=O) groups is 1. The molecule has 1 saturated heterocycles. The number of halogens is 1. The van der Waals surface area contributed by atoms with Gasteiger partial charge in [-0.3, -0.25) is 9.67 Å². The molecule has 0 saturated carbocycles. The van der Waals surface area contributed by atoms with Crippen LogP contribution >= 0.6 is 0 Å². The molecule has 13 nitrogen and oxygen atoms in total. The molecule has 2 N–H and O–H groups in total. The van der Waals surface area contributed by atoms with Gasteiger partial charge in [0.1, 0.15) is 17.3 Å². The van der Waals surface area contributed by atoms with E-state index in [-0.39, 0.29) is 40.6 Å². The van der Waals surface area contributed by atoms with Crippen LogP contribution in [0.3, 0.4) is 0 Å². The maximum atomic E-state index is 16.3. The van der Waals surface area contributed by atoms with E-state index in [9.17, 15) is 9.90 Å². The van der Waals surface area contributed by atoms with Crippen LogP contribution in [0, 0.1) is 19.7 Å². The molecule has 1 aliphatic rings. The summed E-state index contributed by atoms with van der Waals surface area (Å²) in [5.74, 6) is -1.27.